The summed E-state index contributed by atoms with van der Waals surface area (Å²) in [6.45, 7) is 5.83. The van der Waals surface area contributed by atoms with E-state index in [2.05, 4.69) is 25.0 Å². The average molecular weight is 460 g/mol. The zero-order chi connectivity index (χ0) is 22.8. The maximum atomic E-state index is 13.1. The molecule has 0 aromatic carbocycles. The minimum absolute atomic E-state index is 0.00737. The van der Waals surface area contributed by atoms with E-state index in [1.807, 2.05) is 9.58 Å². The van der Waals surface area contributed by atoms with Gasteiger partial charge in [-0.3, -0.25) is 0 Å². The van der Waals surface area contributed by atoms with Crippen LogP contribution in [0.25, 0.3) is 11.2 Å². The Kier molecular flexibility index (Phi) is 4.51. The number of aromatic nitrogens is 6. The van der Waals surface area contributed by atoms with E-state index >= 15 is 0 Å². The number of ether oxygens (including phenoxy) is 1. The van der Waals surface area contributed by atoms with Gasteiger partial charge in [0.25, 0.3) is 0 Å². The summed E-state index contributed by atoms with van der Waals surface area (Å²) in [5.41, 5.74) is 1.84. The standard InChI is InChI=1S/C21H23F3N8O/c1-13-6-16(29-19(27-13)21(22,23)24)31-11-20(12-31)3-4-30(10-20)17-8-25-15-7-26-32(18(15)28-17)14-2-5-33-9-14/h6-8,14H,2-5,9-12H2,1H3. The van der Waals surface area contributed by atoms with Gasteiger partial charge in [-0.05, 0) is 19.8 Å². The van der Waals surface area contributed by atoms with Crippen molar-refractivity contribution in [3.05, 3.63) is 30.0 Å². The molecule has 9 nitrogen and oxygen atoms in total. The van der Waals surface area contributed by atoms with Crippen molar-refractivity contribution in [2.24, 2.45) is 5.41 Å². The normalized spacial score (nSPS) is 22.5. The van der Waals surface area contributed by atoms with E-state index in [-0.39, 0.29) is 11.5 Å². The number of aryl methyl sites for hydroxylation is 1. The second kappa shape index (κ2) is 7.24. The van der Waals surface area contributed by atoms with Crippen LogP contribution in [0.3, 0.4) is 0 Å². The van der Waals surface area contributed by atoms with Crippen LogP contribution in [-0.2, 0) is 10.9 Å². The number of anilines is 2. The lowest BCUT2D eigenvalue weighted by molar-refractivity contribution is -0.145. The average Bonchev–Trinajstić information content (AvgIpc) is 3.49. The highest BCUT2D eigenvalue weighted by atomic mass is 19.4. The van der Waals surface area contributed by atoms with Crippen molar-refractivity contribution in [1.82, 2.24) is 29.7 Å². The van der Waals surface area contributed by atoms with Gasteiger partial charge in [-0.15, -0.1) is 0 Å². The molecule has 12 heteroatoms. The zero-order valence-electron chi connectivity index (χ0n) is 18.1. The summed E-state index contributed by atoms with van der Waals surface area (Å²) in [5, 5.41) is 4.47. The Morgan fingerprint density at radius 1 is 1.06 bits per heavy atom. The van der Waals surface area contributed by atoms with Crippen LogP contribution >= 0.6 is 0 Å². The van der Waals surface area contributed by atoms with E-state index in [0.717, 1.165) is 49.5 Å². The first-order chi connectivity index (χ1) is 15.8. The molecule has 0 radical (unpaired) electrons. The molecule has 0 bridgehead atoms. The number of rotatable bonds is 3. The summed E-state index contributed by atoms with van der Waals surface area (Å²) in [6, 6.07) is 1.79. The Balaban J connectivity index is 1.18. The van der Waals surface area contributed by atoms with Crippen molar-refractivity contribution >= 4 is 22.8 Å². The lowest BCUT2D eigenvalue weighted by Crippen LogP contribution is -2.58. The SMILES string of the molecule is Cc1cc(N2CC3(CCN(c4cnc5cnn(C6CCOC6)c5n4)C3)C2)nc(C(F)(F)F)n1. The highest BCUT2D eigenvalue weighted by molar-refractivity contribution is 5.71. The summed E-state index contributed by atoms with van der Waals surface area (Å²) in [4.78, 5) is 20.8. The monoisotopic (exact) mass is 460 g/mol. The molecule has 0 saturated carbocycles. The zero-order valence-corrected chi connectivity index (χ0v) is 18.1. The van der Waals surface area contributed by atoms with Crippen molar-refractivity contribution in [2.75, 3.05) is 49.2 Å². The molecule has 174 valence electrons. The van der Waals surface area contributed by atoms with Gasteiger partial charge in [-0.25, -0.2) is 24.6 Å². The highest BCUT2D eigenvalue weighted by Gasteiger charge is 2.49. The summed E-state index contributed by atoms with van der Waals surface area (Å²) in [5.74, 6) is 0.0536. The molecule has 3 aromatic rings. The molecule has 3 aromatic heterocycles. The quantitative estimate of drug-likeness (QED) is 0.590. The first-order valence-corrected chi connectivity index (χ1v) is 11.0. The molecule has 1 atom stereocenters. The molecule has 3 fully saturated rings. The largest absolute Gasteiger partial charge is 0.451 e. The van der Waals surface area contributed by atoms with Crippen molar-refractivity contribution in [3.8, 4) is 0 Å². The van der Waals surface area contributed by atoms with Gasteiger partial charge in [0.15, 0.2) is 5.65 Å². The number of nitrogens with zero attached hydrogens (tertiary/aromatic N) is 8. The van der Waals surface area contributed by atoms with Gasteiger partial charge in [0.05, 0.1) is 25.0 Å². The third-order valence-electron chi connectivity index (χ3n) is 6.77. The summed E-state index contributed by atoms with van der Waals surface area (Å²) in [6.07, 6.45) is 0.804. The molecule has 0 amide bonds. The lowest BCUT2D eigenvalue weighted by atomic mass is 9.79. The Morgan fingerprint density at radius 3 is 2.64 bits per heavy atom. The maximum absolute atomic E-state index is 13.1. The van der Waals surface area contributed by atoms with E-state index in [9.17, 15) is 13.2 Å². The van der Waals surface area contributed by atoms with Crippen LogP contribution in [0.2, 0.25) is 0 Å². The Hall–Kier alpha value is -3.02. The Bertz CT molecular complexity index is 1200. The smallest absolute Gasteiger partial charge is 0.379 e. The van der Waals surface area contributed by atoms with Crippen molar-refractivity contribution in [2.45, 2.75) is 32.0 Å². The molecule has 0 N–H and O–H groups in total. The lowest BCUT2D eigenvalue weighted by Gasteiger charge is -2.48. The van der Waals surface area contributed by atoms with Crippen LogP contribution in [0.15, 0.2) is 18.5 Å². The van der Waals surface area contributed by atoms with E-state index in [4.69, 9.17) is 9.72 Å². The first-order valence-electron chi connectivity index (χ1n) is 11.0. The van der Waals surface area contributed by atoms with E-state index in [1.165, 1.54) is 0 Å². The predicted octanol–water partition coefficient (Wildman–Crippen LogP) is 2.62. The number of fused-ring (bicyclic) bond motifs is 1. The number of halogens is 3. The van der Waals surface area contributed by atoms with Gasteiger partial charge >= 0.3 is 6.18 Å². The van der Waals surface area contributed by atoms with Gasteiger partial charge < -0.3 is 14.5 Å². The van der Waals surface area contributed by atoms with Crippen LogP contribution in [0.1, 0.15) is 30.4 Å². The van der Waals surface area contributed by atoms with Crippen molar-refractivity contribution < 1.29 is 17.9 Å². The molecule has 3 saturated heterocycles. The summed E-state index contributed by atoms with van der Waals surface area (Å²) >= 11 is 0. The van der Waals surface area contributed by atoms with Crippen LogP contribution < -0.4 is 9.80 Å². The molecule has 1 unspecified atom stereocenters. The molecular formula is C21H23F3N8O. The second-order valence-electron chi connectivity index (χ2n) is 9.26. The van der Waals surface area contributed by atoms with Crippen LogP contribution in [0, 0.1) is 12.3 Å². The van der Waals surface area contributed by atoms with Crippen molar-refractivity contribution in [1.29, 1.82) is 0 Å². The summed E-state index contributed by atoms with van der Waals surface area (Å²) in [7, 11) is 0. The van der Waals surface area contributed by atoms with E-state index in [1.54, 1.807) is 25.4 Å². The van der Waals surface area contributed by atoms with E-state index in [0.29, 0.717) is 31.2 Å². The van der Waals surface area contributed by atoms with Gasteiger partial charge in [0.2, 0.25) is 5.82 Å². The second-order valence-corrected chi connectivity index (χ2v) is 9.26. The molecular weight excluding hydrogens is 437 g/mol. The number of alkyl halides is 3. The third-order valence-corrected chi connectivity index (χ3v) is 6.77. The van der Waals surface area contributed by atoms with E-state index < -0.39 is 12.0 Å². The molecule has 33 heavy (non-hydrogen) atoms. The molecule has 3 aliphatic heterocycles. The topological polar surface area (TPSA) is 85.1 Å². The summed E-state index contributed by atoms with van der Waals surface area (Å²) < 4.78 is 46.7. The maximum Gasteiger partial charge on any atom is 0.451 e. The fourth-order valence-electron chi connectivity index (χ4n) is 5.10. The molecule has 3 aliphatic rings. The van der Waals surface area contributed by atoms with Gasteiger partial charge in [0, 0.05) is 50.0 Å². The Labute approximate surface area is 187 Å². The minimum atomic E-state index is -4.55. The fourth-order valence-corrected chi connectivity index (χ4v) is 5.10. The third kappa shape index (κ3) is 3.56. The number of hydrogen-bond acceptors (Lipinski definition) is 8. The minimum Gasteiger partial charge on any atom is -0.379 e. The predicted molar refractivity (Wildman–Crippen MR) is 113 cm³/mol. The van der Waals surface area contributed by atoms with Gasteiger partial charge in [0.1, 0.15) is 17.2 Å². The molecule has 6 heterocycles. The molecule has 6 rings (SSSR count). The van der Waals surface area contributed by atoms with Crippen LogP contribution in [-0.4, -0.2) is 69.1 Å². The van der Waals surface area contributed by atoms with Crippen LogP contribution in [0.5, 0.6) is 0 Å². The van der Waals surface area contributed by atoms with Crippen LogP contribution in [0.4, 0.5) is 24.8 Å². The van der Waals surface area contributed by atoms with Gasteiger partial charge in [-0.2, -0.15) is 18.3 Å². The first kappa shape index (κ1) is 20.6. The van der Waals surface area contributed by atoms with Crippen molar-refractivity contribution in [3.63, 3.8) is 0 Å². The molecule has 1 spiro atoms. The highest BCUT2D eigenvalue weighted by Crippen LogP contribution is 2.43. The number of hydrogen-bond donors (Lipinski definition) is 0. The fraction of sp³-hybridized carbons (Fsp3) is 0.571. The van der Waals surface area contributed by atoms with Gasteiger partial charge in [-0.1, -0.05) is 0 Å². The molecule has 0 aliphatic carbocycles. The Morgan fingerprint density at radius 2 is 1.88 bits per heavy atom.